The Morgan fingerprint density at radius 3 is 2.48 bits per heavy atom. The number of ether oxygens (including phenoxy) is 1. The van der Waals surface area contributed by atoms with Crippen LogP contribution in [0.3, 0.4) is 0 Å². The third-order valence-corrected chi connectivity index (χ3v) is 5.19. The second-order valence-electron chi connectivity index (χ2n) is 6.29. The highest BCUT2D eigenvalue weighted by atomic mass is 79.9. The van der Waals surface area contributed by atoms with E-state index in [1.807, 2.05) is 54.6 Å². The molecule has 3 rings (SSSR count). The van der Waals surface area contributed by atoms with Crippen molar-refractivity contribution in [2.24, 2.45) is 4.99 Å². The van der Waals surface area contributed by atoms with Gasteiger partial charge in [-0.15, -0.1) is 0 Å². The second kappa shape index (κ2) is 10.4. The Morgan fingerprint density at radius 1 is 1.07 bits per heavy atom. The number of anilines is 1. The number of aryl methyl sites for hydroxylation is 1. The van der Waals surface area contributed by atoms with Gasteiger partial charge in [0.25, 0.3) is 5.91 Å². The van der Waals surface area contributed by atoms with Crippen LogP contribution in [-0.2, 0) is 11.2 Å². The number of rotatable bonds is 7. The predicted octanol–water partition coefficient (Wildman–Crippen LogP) is 6.54. The van der Waals surface area contributed by atoms with Gasteiger partial charge in [0.1, 0.15) is 5.75 Å². The van der Waals surface area contributed by atoms with Crippen molar-refractivity contribution in [3.63, 3.8) is 0 Å². The molecule has 0 fully saturated rings. The highest BCUT2D eigenvalue weighted by molar-refractivity contribution is 9.11. The summed E-state index contributed by atoms with van der Waals surface area (Å²) in [5.74, 6) is 0.328. The lowest BCUT2D eigenvalue weighted by Crippen LogP contribution is -2.20. The van der Waals surface area contributed by atoms with Crippen molar-refractivity contribution in [2.75, 3.05) is 11.9 Å². The van der Waals surface area contributed by atoms with Crippen LogP contribution in [0.15, 0.2) is 80.7 Å². The van der Waals surface area contributed by atoms with E-state index in [2.05, 4.69) is 61.2 Å². The molecule has 1 amide bonds. The zero-order valence-corrected chi connectivity index (χ0v) is 19.0. The number of hydrogen-bond donors (Lipinski definition) is 1. The Morgan fingerprint density at radius 2 is 1.79 bits per heavy atom. The lowest BCUT2D eigenvalue weighted by Gasteiger charge is -2.12. The van der Waals surface area contributed by atoms with E-state index in [9.17, 15) is 4.79 Å². The van der Waals surface area contributed by atoms with Gasteiger partial charge in [0.2, 0.25) is 0 Å². The van der Waals surface area contributed by atoms with E-state index in [0.29, 0.717) is 5.75 Å². The van der Waals surface area contributed by atoms with Gasteiger partial charge < -0.3 is 10.1 Å². The van der Waals surface area contributed by atoms with Crippen molar-refractivity contribution in [1.29, 1.82) is 0 Å². The standard InChI is InChI=1S/C23H20Br2N2O2/c1-2-16-8-10-19(11-9-16)26-14-17-12-18(24)13-21(25)23(17)29-15-22(28)27-20-6-4-3-5-7-20/h3-14H,2,15H2,1H3,(H,27,28). The molecule has 4 nitrogen and oxygen atoms in total. The fourth-order valence-corrected chi connectivity index (χ4v) is 4.02. The summed E-state index contributed by atoms with van der Waals surface area (Å²) in [5, 5.41) is 2.81. The van der Waals surface area contributed by atoms with Gasteiger partial charge in [-0.25, -0.2) is 0 Å². The largest absolute Gasteiger partial charge is 0.482 e. The summed E-state index contributed by atoms with van der Waals surface area (Å²) in [6.45, 7) is 2.01. The minimum absolute atomic E-state index is 0.110. The first-order chi connectivity index (χ1) is 14.0. The fourth-order valence-electron chi connectivity index (χ4n) is 2.65. The number of aliphatic imine (C=N–C) groups is 1. The van der Waals surface area contributed by atoms with Crippen molar-refractivity contribution < 1.29 is 9.53 Å². The van der Waals surface area contributed by atoms with Gasteiger partial charge in [-0.1, -0.05) is 53.2 Å². The molecule has 148 valence electrons. The lowest BCUT2D eigenvalue weighted by atomic mass is 10.1. The van der Waals surface area contributed by atoms with Crippen molar-refractivity contribution in [3.05, 3.63) is 86.8 Å². The highest BCUT2D eigenvalue weighted by Crippen LogP contribution is 2.32. The van der Waals surface area contributed by atoms with Gasteiger partial charge in [0.15, 0.2) is 6.61 Å². The summed E-state index contributed by atoms with van der Waals surface area (Å²) in [4.78, 5) is 16.8. The third kappa shape index (κ3) is 6.27. The summed E-state index contributed by atoms with van der Waals surface area (Å²) in [7, 11) is 0. The normalized spacial score (nSPS) is 10.9. The summed E-state index contributed by atoms with van der Waals surface area (Å²) in [6.07, 6.45) is 2.73. The number of halogens is 2. The quantitative estimate of drug-likeness (QED) is 0.363. The first-order valence-electron chi connectivity index (χ1n) is 9.15. The molecule has 0 heterocycles. The number of carbonyl (C=O) groups is 1. The molecule has 0 radical (unpaired) electrons. The summed E-state index contributed by atoms with van der Waals surface area (Å²) in [5.41, 5.74) is 3.61. The van der Waals surface area contributed by atoms with Crippen LogP contribution >= 0.6 is 31.9 Å². The molecule has 0 saturated carbocycles. The summed E-state index contributed by atoms with van der Waals surface area (Å²) >= 11 is 7.00. The number of hydrogen-bond acceptors (Lipinski definition) is 3. The second-order valence-corrected chi connectivity index (χ2v) is 8.06. The molecule has 0 aliphatic heterocycles. The van der Waals surface area contributed by atoms with E-state index in [0.717, 1.165) is 32.3 Å². The Balaban J connectivity index is 1.74. The molecule has 0 aliphatic carbocycles. The van der Waals surface area contributed by atoms with Gasteiger partial charge >= 0.3 is 0 Å². The van der Waals surface area contributed by atoms with E-state index in [1.165, 1.54) is 5.56 Å². The van der Waals surface area contributed by atoms with Crippen molar-refractivity contribution >= 4 is 55.4 Å². The van der Waals surface area contributed by atoms with Crippen LogP contribution in [0, 0.1) is 0 Å². The number of carbonyl (C=O) groups excluding carboxylic acids is 1. The highest BCUT2D eigenvalue weighted by Gasteiger charge is 2.12. The molecule has 0 aromatic heterocycles. The minimum atomic E-state index is -0.232. The van der Waals surface area contributed by atoms with Gasteiger partial charge in [0, 0.05) is 21.9 Å². The molecule has 1 N–H and O–H groups in total. The van der Waals surface area contributed by atoms with E-state index in [1.54, 1.807) is 6.21 Å². The molecule has 29 heavy (non-hydrogen) atoms. The molecule has 3 aromatic carbocycles. The molecule has 0 saturated heterocycles. The SMILES string of the molecule is CCc1ccc(N=Cc2cc(Br)cc(Br)c2OCC(=O)Nc2ccccc2)cc1. The molecule has 0 spiro atoms. The molecule has 0 aliphatic rings. The monoisotopic (exact) mass is 514 g/mol. The first kappa shape index (κ1) is 21.3. The average Bonchev–Trinajstić information content (AvgIpc) is 2.72. The summed E-state index contributed by atoms with van der Waals surface area (Å²) < 4.78 is 7.43. The molecule has 3 aromatic rings. The Labute approximate surface area is 187 Å². The van der Waals surface area contributed by atoms with E-state index in [4.69, 9.17) is 4.74 Å². The van der Waals surface area contributed by atoms with Crippen molar-refractivity contribution in [1.82, 2.24) is 0 Å². The van der Waals surface area contributed by atoms with Crippen LogP contribution in [0.4, 0.5) is 11.4 Å². The van der Waals surface area contributed by atoms with Crippen LogP contribution in [0.2, 0.25) is 0 Å². The number of para-hydroxylation sites is 1. The van der Waals surface area contributed by atoms with E-state index in [-0.39, 0.29) is 12.5 Å². The smallest absolute Gasteiger partial charge is 0.262 e. The van der Waals surface area contributed by atoms with Crippen LogP contribution in [0.1, 0.15) is 18.1 Å². The Kier molecular flexibility index (Phi) is 7.61. The topological polar surface area (TPSA) is 50.7 Å². The number of benzene rings is 3. The maximum atomic E-state index is 12.2. The lowest BCUT2D eigenvalue weighted by molar-refractivity contribution is -0.118. The summed E-state index contributed by atoms with van der Waals surface area (Å²) in [6, 6.07) is 21.1. The van der Waals surface area contributed by atoms with Crippen LogP contribution < -0.4 is 10.1 Å². The van der Waals surface area contributed by atoms with Gasteiger partial charge in [-0.3, -0.25) is 9.79 Å². The Bertz CT molecular complexity index is 1000. The van der Waals surface area contributed by atoms with Gasteiger partial charge in [-0.2, -0.15) is 0 Å². The zero-order valence-electron chi connectivity index (χ0n) is 15.9. The fraction of sp³-hybridized carbons (Fsp3) is 0.130. The van der Waals surface area contributed by atoms with Crippen LogP contribution in [-0.4, -0.2) is 18.7 Å². The van der Waals surface area contributed by atoms with Crippen molar-refractivity contribution in [2.45, 2.75) is 13.3 Å². The maximum absolute atomic E-state index is 12.2. The number of amides is 1. The van der Waals surface area contributed by atoms with Crippen molar-refractivity contribution in [3.8, 4) is 5.75 Å². The Hall–Kier alpha value is -2.44. The zero-order chi connectivity index (χ0) is 20.6. The molecule has 6 heteroatoms. The predicted molar refractivity (Wildman–Crippen MR) is 125 cm³/mol. The van der Waals surface area contributed by atoms with E-state index >= 15 is 0 Å². The molecular formula is C23H20Br2N2O2. The first-order valence-corrected chi connectivity index (χ1v) is 10.7. The van der Waals surface area contributed by atoms with Gasteiger partial charge in [-0.05, 0) is 64.3 Å². The molecule has 0 atom stereocenters. The number of nitrogens with zero attached hydrogens (tertiary/aromatic N) is 1. The van der Waals surface area contributed by atoms with Crippen LogP contribution in [0.25, 0.3) is 0 Å². The molecular weight excluding hydrogens is 496 g/mol. The van der Waals surface area contributed by atoms with Gasteiger partial charge in [0.05, 0.1) is 10.2 Å². The third-order valence-electron chi connectivity index (χ3n) is 4.14. The van der Waals surface area contributed by atoms with Crippen LogP contribution in [0.5, 0.6) is 5.75 Å². The van der Waals surface area contributed by atoms with E-state index < -0.39 is 0 Å². The molecule has 0 unspecified atom stereocenters. The number of nitrogens with one attached hydrogen (secondary N) is 1. The maximum Gasteiger partial charge on any atom is 0.262 e. The minimum Gasteiger partial charge on any atom is -0.482 e. The average molecular weight is 516 g/mol. The molecule has 0 bridgehead atoms.